The van der Waals surface area contributed by atoms with Crippen LogP contribution >= 0.6 is 11.6 Å². The first-order chi connectivity index (χ1) is 13.9. The lowest BCUT2D eigenvalue weighted by molar-refractivity contribution is -0.114. The third kappa shape index (κ3) is 5.39. The molecule has 8 nitrogen and oxygen atoms in total. The normalized spacial score (nSPS) is 15.0. The summed E-state index contributed by atoms with van der Waals surface area (Å²) in [6.07, 6.45) is 0. The van der Waals surface area contributed by atoms with Crippen molar-refractivity contribution in [2.45, 2.75) is 4.90 Å². The van der Waals surface area contributed by atoms with Crippen LogP contribution in [-0.2, 0) is 19.6 Å². The monoisotopic (exact) mass is 439 g/mol. The maximum absolute atomic E-state index is 12.6. The van der Waals surface area contributed by atoms with Crippen LogP contribution in [0.2, 0.25) is 5.02 Å². The lowest BCUT2D eigenvalue weighted by Gasteiger charge is -2.26. The Labute approximate surface area is 174 Å². The van der Waals surface area contributed by atoms with Gasteiger partial charge in [-0.05, 0) is 36.4 Å². The number of ether oxygens (including phenoxy) is 2. The molecule has 0 aliphatic carbocycles. The molecule has 0 atom stereocenters. The van der Waals surface area contributed by atoms with Gasteiger partial charge in [0.05, 0.1) is 42.5 Å². The highest BCUT2D eigenvalue weighted by molar-refractivity contribution is 7.89. The zero-order chi connectivity index (χ0) is 20.9. The number of hydrogen-bond acceptors (Lipinski definition) is 6. The van der Waals surface area contributed by atoms with Crippen molar-refractivity contribution in [2.75, 3.05) is 50.6 Å². The standard InChI is InChI=1S/C19H22ClN3O5S/c1-27-15-4-7-17(20)18(12-15)21-13-19(24)22-14-2-5-16(6-3-14)29(25,26)23-8-10-28-11-9-23/h2-7,12,21H,8-11,13H2,1H3,(H,22,24). The summed E-state index contributed by atoms with van der Waals surface area (Å²) in [5.41, 5.74) is 1.07. The van der Waals surface area contributed by atoms with Gasteiger partial charge < -0.3 is 20.1 Å². The number of rotatable bonds is 7. The van der Waals surface area contributed by atoms with Crippen LogP contribution in [0.1, 0.15) is 0 Å². The van der Waals surface area contributed by atoms with Crippen molar-refractivity contribution in [1.29, 1.82) is 0 Å². The summed E-state index contributed by atoms with van der Waals surface area (Å²) in [7, 11) is -2.02. The van der Waals surface area contributed by atoms with Crippen molar-refractivity contribution in [3.63, 3.8) is 0 Å². The van der Waals surface area contributed by atoms with Gasteiger partial charge in [-0.2, -0.15) is 4.31 Å². The molecule has 3 rings (SSSR count). The first-order valence-electron chi connectivity index (χ1n) is 8.95. The lowest BCUT2D eigenvalue weighted by Crippen LogP contribution is -2.40. The highest BCUT2D eigenvalue weighted by Crippen LogP contribution is 2.26. The van der Waals surface area contributed by atoms with E-state index in [-0.39, 0.29) is 17.3 Å². The molecule has 1 heterocycles. The molecule has 1 fully saturated rings. The molecule has 156 valence electrons. The van der Waals surface area contributed by atoms with Gasteiger partial charge in [0.2, 0.25) is 15.9 Å². The molecular weight excluding hydrogens is 418 g/mol. The summed E-state index contributed by atoms with van der Waals surface area (Å²) in [6, 6.07) is 11.2. The summed E-state index contributed by atoms with van der Waals surface area (Å²) in [4.78, 5) is 12.4. The topological polar surface area (TPSA) is 97.0 Å². The van der Waals surface area contributed by atoms with Gasteiger partial charge in [-0.25, -0.2) is 8.42 Å². The van der Waals surface area contributed by atoms with Crippen LogP contribution < -0.4 is 15.4 Å². The molecule has 0 bridgehead atoms. The van der Waals surface area contributed by atoms with Crippen LogP contribution in [0.5, 0.6) is 5.75 Å². The molecule has 1 aliphatic rings. The van der Waals surface area contributed by atoms with Crippen molar-refractivity contribution < 1.29 is 22.7 Å². The quantitative estimate of drug-likeness (QED) is 0.687. The van der Waals surface area contributed by atoms with Gasteiger partial charge in [0, 0.05) is 24.8 Å². The van der Waals surface area contributed by atoms with E-state index in [2.05, 4.69) is 10.6 Å². The van der Waals surface area contributed by atoms with Crippen molar-refractivity contribution in [2.24, 2.45) is 0 Å². The van der Waals surface area contributed by atoms with Crippen LogP contribution in [-0.4, -0.2) is 58.6 Å². The number of nitrogens with zero attached hydrogens (tertiary/aromatic N) is 1. The fourth-order valence-electron chi connectivity index (χ4n) is 2.79. The molecule has 29 heavy (non-hydrogen) atoms. The van der Waals surface area contributed by atoms with Gasteiger partial charge in [0.1, 0.15) is 5.75 Å². The van der Waals surface area contributed by atoms with Crippen LogP contribution in [0.4, 0.5) is 11.4 Å². The predicted molar refractivity (Wildman–Crippen MR) is 111 cm³/mol. The Morgan fingerprint density at radius 3 is 2.52 bits per heavy atom. The molecule has 0 aromatic heterocycles. The Bertz CT molecular complexity index is 960. The molecule has 1 saturated heterocycles. The second-order valence-electron chi connectivity index (χ2n) is 6.29. The minimum absolute atomic E-state index is 0.0132. The molecule has 2 aromatic carbocycles. The number of hydrogen-bond donors (Lipinski definition) is 2. The molecule has 0 unspecified atom stereocenters. The Morgan fingerprint density at radius 2 is 1.86 bits per heavy atom. The van der Waals surface area contributed by atoms with Crippen molar-refractivity contribution in [3.8, 4) is 5.75 Å². The van der Waals surface area contributed by atoms with E-state index >= 15 is 0 Å². The van der Waals surface area contributed by atoms with Crippen LogP contribution in [0, 0.1) is 0 Å². The smallest absolute Gasteiger partial charge is 0.243 e. The number of anilines is 2. The SMILES string of the molecule is COc1ccc(Cl)c(NCC(=O)Nc2ccc(S(=O)(=O)N3CCOCC3)cc2)c1. The summed E-state index contributed by atoms with van der Waals surface area (Å²) in [5.74, 6) is 0.321. The van der Waals surface area contributed by atoms with Crippen molar-refractivity contribution in [3.05, 3.63) is 47.5 Å². The van der Waals surface area contributed by atoms with Gasteiger partial charge in [0.15, 0.2) is 0 Å². The molecule has 2 aromatic rings. The number of carbonyl (C=O) groups is 1. The molecule has 1 aliphatic heterocycles. The number of carbonyl (C=O) groups excluding carboxylic acids is 1. The highest BCUT2D eigenvalue weighted by Gasteiger charge is 2.26. The maximum Gasteiger partial charge on any atom is 0.243 e. The number of sulfonamides is 1. The zero-order valence-electron chi connectivity index (χ0n) is 15.9. The van der Waals surface area contributed by atoms with Gasteiger partial charge in [-0.3, -0.25) is 4.79 Å². The maximum atomic E-state index is 12.6. The summed E-state index contributed by atoms with van der Waals surface area (Å²) in [5, 5.41) is 6.13. The Kier molecular flexibility index (Phi) is 6.96. The summed E-state index contributed by atoms with van der Waals surface area (Å²) in [6.45, 7) is 1.43. The van der Waals surface area contributed by atoms with E-state index in [9.17, 15) is 13.2 Å². The molecule has 0 radical (unpaired) electrons. The molecular formula is C19H22ClN3O5S. The second-order valence-corrected chi connectivity index (χ2v) is 8.63. The number of amides is 1. The molecule has 2 N–H and O–H groups in total. The highest BCUT2D eigenvalue weighted by atomic mass is 35.5. The van der Waals surface area contributed by atoms with Gasteiger partial charge in [-0.1, -0.05) is 11.6 Å². The minimum Gasteiger partial charge on any atom is -0.497 e. The fourth-order valence-corrected chi connectivity index (χ4v) is 4.39. The molecule has 0 spiro atoms. The average Bonchev–Trinajstić information content (AvgIpc) is 2.74. The zero-order valence-corrected chi connectivity index (χ0v) is 17.4. The Hall–Kier alpha value is -2.33. The average molecular weight is 440 g/mol. The van der Waals surface area contributed by atoms with E-state index in [1.165, 1.54) is 16.4 Å². The minimum atomic E-state index is -3.56. The molecule has 10 heteroatoms. The fraction of sp³-hybridized carbons (Fsp3) is 0.316. The predicted octanol–water partition coefficient (Wildman–Crippen LogP) is 2.42. The van der Waals surface area contributed by atoms with Gasteiger partial charge in [-0.15, -0.1) is 0 Å². The van der Waals surface area contributed by atoms with E-state index in [1.807, 2.05) is 0 Å². The number of nitrogens with one attached hydrogen (secondary N) is 2. The van der Waals surface area contributed by atoms with E-state index in [4.69, 9.17) is 21.1 Å². The third-order valence-electron chi connectivity index (χ3n) is 4.36. The largest absolute Gasteiger partial charge is 0.497 e. The summed E-state index contributed by atoms with van der Waals surface area (Å²) >= 11 is 6.10. The number of benzene rings is 2. The summed E-state index contributed by atoms with van der Waals surface area (Å²) < 4.78 is 37.0. The van der Waals surface area contributed by atoms with Gasteiger partial charge in [0.25, 0.3) is 0 Å². The first-order valence-corrected chi connectivity index (χ1v) is 10.8. The first kappa shape index (κ1) is 21.4. The Balaban J connectivity index is 1.59. The molecule has 1 amide bonds. The number of halogens is 1. The van der Waals surface area contributed by atoms with Crippen molar-refractivity contribution >= 4 is 38.9 Å². The number of morpholine rings is 1. The van der Waals surface area contributed by atoms with E-state index < -0.39 is 10.0 Å². The van der Waals surface area contributed by atoms with E-state index in [0.29, 0.717) is 48.5 Å². The van der Waals surface area contributed by atoms with Crippen LogP contribution in [0.25, 0.3) is 0 Å². The van der Waals surface area contributed by atoms with Crippen LogP contribution in [0.3, 0.4) is 0 Å². The van der Waals surface area contributed by atoms with E-state index in [1.54, 1.807) is 37.4 Å². The second kappa shape index (κ2) is 9.45. The van der Waals surface area contributed by atoms with E-state index in [0.717, 1.165) is 0 Å². The third-order valence-corrected chi connectivity index (χ3v) is 6.60. The number of methoxy groups -OCH3 is 1. The molecule has 0 saturated carbocycles. The van der Waals surface area contributed by atoms with Crippen molar-refractivity contribution in [1.82, 2.24) is 4.31 Å². The Morgan fingerprint density at radius 1 is 1.17 bits per heavy atom. The van der Waals surface area contributed by atoms with Crippen LogP contribution in [0.15, 0.2) is 47.4 Å². The van der Waals surface area contributed by atoms with Gasteiger partial charge >= 0.3 is 0 Å². The lowest BCUT2D eigenvalue weighted by atomic mass is 10.3.